The number of aromatic nitrogens is 1. The number of nitrogens with zero attached hydrogens (tertiary/aromatic N) is 1. The van der Waals surface area contributed by atoms with E-state index in [1.165, 1.54) is 6.42 Å². The Balaban J connectivity index is 1.30. The summed E-state index contributed by atoms with van der Waals surface area (Å²) in [4.78, 5) is 57.1. The Bertz CT molecular complexity index is 1450. The number of benzene rings is 1. The van der Waals surface area contributed by atoms with E-state index in [4.69, 9.17) is 4.74 Å². The number of anilines is 1. The van der Waals surface area contributed by atoms with Crippen molar-refractivity contribution < 1.29 is 33.4 Å². The summed E-state index contributed by atoms with van der Waals surface area (Å²) in [7, 11) is 0. The maximum atomic E-state index is 14.2. The van der Waals surface area contributed by atoms with Gasteiger partial charge in [-0.3, -0.25) is 9.59 Å². The highest BCUT2D eigenvalue weighted by molar-refractivity contribution is 6.02. The number of carbonyl (C=O) groups excluding carboxylic acids is 3. The monoisotopic (exact) mass is 654 g/mol. The van der Waals surface area contributed by atoms with Crippen molar-refractivity contribution in [3.05, 3.63) is 29.5 Å². The van der Waals surface area contributed by atoms with Crippen LogP contribution in [0.25, 0.3) is 10.9 Å². The lowest BCUT2D eigenvalue weighted by atomic mass is 9.76. The van der Waals surface area contributed by atoms with Crippen molar-refractivity contribution in [2.45, 2.75) is 116 Å². The highest BCUT2D eigenvalue weighted by Gasteiger charge is 2.47. The third-order valence-electron chi connectivity index (χ3n) is 10.6. The number of carboxylic acid groups (broad SMARTS) is 1. The molecule has 0 radical (unpaired) electrons. The lowest BCUT2D eigenvalue weighted by molar-refractivity contribution is -0.142. The summed E-state index contributed by atoms with van der Waals surface area (Å²) in [6, 6.07) is 4.12. The number of fused-ring (bicyclic) bond motifs is 1. The van der Waals surface area contributed by atoms with Gasteiger partial charge in [0.15, 0.2) is 0 Å². The number of carboxylic acids is 1. The first kappa shape index (κ1) is 34.7. The van der Waals surface area contributed by atoms with Crippen LogP contribution in [-0.4, -0.2) is 69.8 Å². The molecular formula is C36H51FN4O6. The molecular weight excluding hydrogens is 603 g/mol. The number of hydrogen-bond acceptors (Lipinski definition) is 5. The Morgan fingerprint density at radius 3 is 2.36 bits per heavy atom. The summed E-state index contributed by atoms with van der Waals surface area (Å²) in [5.74, 6) is -1.13. The number of nitrogens with one attached hydrogen (secondary N) is 3. The second-order valence-corrected chi connectivity index (χ2v) is 14.7. The van der Waals surface area contributed by atoms with Crippen molar-refractivity contribution in [3.8, 4) is 0 Å². The van der Waals surface area contributed by atoms with Crippen LogP contribution >= 0.6 is 0 Å². The summed E-state index contributed by atoms with van der Waals surface area (Å²) in [6.45, 7) is 7.02. The van der Waals surface area contributed by atoms with Gasteiger partial charge in [0.25, 0.3) is 0 Å². The van der Waals surface area contributed by atoms with Crippen LogP contribution in [0.3, 0.4) is 0 Å². The molecule has 11 heteroatoms. The number of aromatic amines is 1. The summed E-state index contributed by atoms with van der Waals surface area (Å²) in [5.41, 5.74) is 1.43. The third-order valence-corrected chi connectivity index (χ3v) is 10.6. The average molecular weight is 655 g/mol. The van der Waals surface area contributed by atoms with Gasteiger partial charge in [0.05, 0.1) is 6.04 Å². The molecule has 3 atom stereocenters. The molecule has 10 nitrogen and oxygen atoms in total. The van der Waals surface area contributed by atoms with E-state index < -0.39 is 36.4 Å². The minimum Gasteiger partial charge on any atom is -0.477 e. The molecule has 3 aliphatic rings. The van der Waals surface area contributed by atoms with Crippen LogP contribution < -0.4 is 10.6 Å². The Morgan fingerprint density at radius 2 is 1.74 bits per heavy atom. The van der Waals surface area contributed by atoms with Crippen LogP contribution in [0.4, 0.5) is 14.9 Å². The zero-order valence-corrected chi connectivity index (χ0v) is 28.2. The standard InChI is InChI=1S/C36H51FN4O6/c1-5-25-27-19-24(15-16-28(27)39-30(25)34(44)45)38-32(42)31-26(21-9-7-6-8-10-21)17-18-41(31)33(43)23-13-11-22(12-14-23)29(20-37)40-35(46)47-36(2,3)4/h15-16,19,21-23,26,29,31,39H,5-14,17-18,20H2,1-4H3,(H,38,42)(H,40,46)(H,44,45)/t22-,23-,26-,29+,31-/m0/s1. The topological polar surface area (TPSA) is 141 Å². The van der Waals surface area contributed by atoms with Crippen molar-refractivity contribution in [1.82, 2.24) is 15.2 Å². The molecule has 0 bridgehead atoms. The largest absolute Gasteiger partial charge is 0.477 e. The summed E-state index contributed by atoms with van der Waals surface area (Å²) < 4.78 is 19.4. The Morgan fingerprint density at radius 1 is 1.04 bits per heavy atom. The van der Waals surface area contributed by atoms with Crippen LogP contribution in [0.1, 0.15) is 108 Å². The molecule has 2 aromatic rings. The lowest BCUT2D eigenvalue weighted by Crippen LogP contribution is -2.50. The molecule has 1 aromatic carbocycles. The van der Waals surface area contributed by atoms with Gasteiger partial charge in [-0.25, -0.2) is 14.0 Å². The van der Waals surface area contributed by atoms with Crippen molar-refractivity contribution in [1.29, 1.82) is 0 Å². The van der Waals surface area contributed by atoms with Gasteiger partial charge in [-0.05, 0) is 101 Å². The van der Waals surface area contributed by atoms with Gasteiger partial charge >= 0.3 is 12.1 Å². The minimum atomic E-state index is -1.02. The fourth-order valence-electron chi connectivity index (χ4n) is 8.29. The van der Waals surface area contributed by atoms with E-state index in [1.807, 2.05) is 13.0 Å². The second kappa shape index (κ2) is 14.6. The zero-order chi connectivity index (χ0) is 33.9. The lowest BCUT2D eigenvalue weighted by Gasteiger charge is -2.37. The van der Waals surface area contributed by atoms with Crippen molar-refractivity contribution in [3.63, 3.8) is 0 Å². The van der Waals surface area contributed by atoms with Crippen LogP contribution in [-0.2, 0) is 20.7 Å². The van der Waals surface area contributed by atoms with E-state index in [9.17, 15) is 28.7 Å². The van der Waals surface area contributed by atoms with Crippen LogP contribution in [0.15, 0.2) is 18.2 Å². The number of ether oxygens (including phenoxy) is 1. The summed E-state index contributed by atoms with van der Waals surface area (Å²) in [5, 5.41) is 16.2. The quantitative estimate of drug-likeness (QED) is 0.234. The number of H-pyrrole nitrogens is 1. The van der Waals surface area contributed by atoms with Gasteiger partial charge in [-0.2, -0.15) is 0 Å². The Hall–Kier alpha value is -3.63. The van der Waals surface area contributed by atoms with Crippen molar-refractivity contribution in [2.75, 3.05) is 18.5 Å². The van der Waals surface area contributed by atoms with E-state index in [2.05, 4.69) is 15.6 Å². The second-order valence-electron chi connectivity index (χ2n) is 14.7. The van der Waals surface area contributed by atoms with Crippen LogP contribution in [0, 0.1) is 23.7 Å². The molecule has 1 aromatic heterocycles. The number of rotatable bonds is 9. The predicted molar refractivity (Wildman–Crippen MR) is 178 cm³/mol. The summed E-state index contributed by atoms with van der Waals surface area (Å²) in [6.07, 6.45) is 8.62. The number of halogens is 1. The van der Waals surface area contributed by atoms with E-state index in [1.54, 1.807) is 37.8 Å². The first-order valence-corrected chi connectivity index (χ1v) is 17.4. The third kappa shape index (κ3) is 7.92. The number of aromatic carboxylic acids is 1. The average Bonchev–Trinajstić information content (AvgIpc) is 3.65. The highest BCUT2D eigenvalue weighted by atomic mass is 19.1. The normalized spacial score (nSPS) is 24.6. The molecule has 2 saturated carbocycles. The number of carbonyl (C=O) groups is 4. The molecule has 5 rings (SSSR count). The number of alkyl halides is 1. The van der Waals surface area contributed by atoms with E-state index in [0.717, 1.165) is 37.5 Å². The van der Waals surface area contributed by atoms with Gasteiger partial charge in [0.1, 0.15) is 24.0 Å². The molecule has 2 heterocycles. The fraction of sp³-hybridized carbons (Fsp3) is 0.667. The maximum Gasteiger partial charge on any atom is 0.407 e. The number of likely N-dealkylation sites (tertiary alicyclic amines) is 1. The van der Waals surface area contributed by atoms with Crippen LogP contribution in [0.5, 0.6) is 0 Å². The predicted octanol–water partition coefficient (Wildman–Crippen LogP) is 6.83. The number of amides is 3. The SMILES string of the molecule is CCc1c(C(=O)O)[nH]c2ccc(NC(=O)[C@@H]3[C@H](C4CCCCC4)CCN3C(=O)[C@H]3CC[C@H]([C@@H](CF)NC(=O)OC(C)(C)C)CC3)cc12. The fourth-order valence-corrected chi connectivity index (χ4v) is 8.29. The molecule has 0 unspecified atom stereocenters. The Kier molecular flexibility index (Phi) is 10.8. The van der Waals surface area contributed by atoms with Gasteiger partial charge in [0, 0.05) is 29.1 Å². The number of aryl methyl sites for hydroxylation is 1. The molecule has 0 spiro atoms. The van der Waals surface area contributed by atoms with Gasteiger partial charge < -0.3 is 30.4 Å². The van der Waals surface area contributed by atoms with E-state index >= 15 is 0 Å². The zero-order valence-electron chi connectivity index (χ0n) is 28.2. The van der Waals surface area contributed by atoms with E-state index in [0.29, 0.717) is 61.3 Å². The van der Waals surface area contributed by atoms with E-state index in [-0.39, 0.29) is 35.3 Å². The molecule has 1 aliphatic heterocycles. The smallest absolute Gasteiger partial charge is 0.407 e. The maximum absolute atomic E-state index is 14.2. The molecule has 258 valence electrons. The number of hydrogen-bond donors (Lipinski definition) is 4. The minimum absolute atomic E-state index is 0.0146. The van der Waals surface area contributed by atoms with Crippen molar-refractivity contribution >= 4 is 40.5 Å². The van der Waals surface area contributed by atoms with Gasteiger partial charge in [-0.15, -0.1) is 0 Å². The van der Waals surface area contributed by atoms with Gasteiger partial charge in [0.2, 0.25) is 11.8 Å². The highest BCUT2D eigenvalue weighted by Crippen LogP contribution is 2.41. The van der Waals surface area contributed by atoms with Crippen LogP contribution in [0.2, 0.25) is 0 Å². The van der Waals surface area contributed by atoms with Gasteiger partial charge in [-0.1, -0.05) is 39.0 Å². The Labute approximate surface area is 276 Å². The van der Waals surface area contributed by atoms with Crippen molar-refractivity contribution in [2.24, 2.45) is 23.7 Å². The molecule has 3 amide bonds. The molecule has 2 aliphatic carbocycles. The summed E-state index contributed by atoms with van der Waals surface area (Å²) >= 11 is 0. The molecule has 47 heavy (non-hydrogen) atoms. The molecule has 4 N–H and O–H groups in total. The first-order chi connectivity index (χ1) is 22.4. The molecule has 1 saturated heterocycles. The first-order valence-electron chi connectivity index (χ1n) is 17.4. The number of alkyl carbamates (subject to hydrolysis) is 1. The molecule has 3 fully saturated rings.